The van der Waals surface area contributed by atoms with E-state index >= 15 is 0 Å². The lowest BCUT2D eigenvalue weighted by Gasteiger charge is -2.28. The average molecular weight is 297 g/mol. The Morgan fingerprint density at radius 2 is 1.82 bits per heavy atom. The average Bonchev–Trinajstić information content (AvgIpc) is 2.97. The summed E-state index contributed by atoms with van der Waals surface area (Å²) < 4.78 is 5.18. The highest BCUT2D eigenvalue weighted by Gasteiger charge is 2.37. The predicted molar refractivity (Wildman–Crippen MR) is 83.1 cm³/mol. The molecule has 114 valence electrons. The lowest BCUT2D eigenvalue weighted by atomic mass is 10.0. The number of carbonyl (C=O) groups is 1. The second-order valence-electron chi connectivity index (χ2n) is 5.40. The maximum Gasteiger partial charge on any atom is 0.327 e. The molecule has 3 rings (SSSR count). The molecule has 0 bridgehead atoms. The van der Waals surface area contributed by atoms with Crippen molar-refractivity contribution in [3.63, 3.8) is 0 Å². The molecule has 4 heteroatoms. The van der Waals surface area contributed by atoms with Crippen LogP contribution < -0.4 is 4.74 Å². The minimum absolute atomic E-state index is 0.000230. The predicted octanol–water partition coefficient (Wildman–Crippen LogP) is 3.66. The first-order chi connectivity index (χ1) is 10.7. The van der Waals surface area contributed by atoms with Crippen LogP contribution in [0.4, 0.5) is 0 Å². The molecule has 2 atom stereocenters. The van der Waals surface area contributed by atoms with E-state index in [2.05, 4.69) is 0 Å². The monoisotopic (exact) mass is 297 g/mol. The van der Waals surface area contributed by atoms with E-state index in [-0.39, 0.29) is 18.1 Å². The van der Waals surface area contributed by atoms with Crippen molar-refractivity contribution in [1.29, 1.82) is 0 Å². The minimum Gasteiger partial charge on any atom is -0.497 e. The van der Waals surface area contributed by atoms with E-state index < -0.39 is 0 Å². The number of hydrogen-bond donors (Lipinski definition) is 0. The third-order valence-corrected chi connectivity index (χ3v) is 4.04. The van der Waals surface area contributed by atoms with Crippen molar-refractivity contribution in [2.45, 2.75) is 25.4 Å². The molecule has 0 aromatic heterocycles. The van der Waals surface area contributed by atoms with Crippen LogP contribution in [0.2, 0.25) is 0 Å². The van der Waals surface area contributed by atoms with Crippen molar-refractivity contribution in [2.75, 3.05) is 7.11 Å². The zero-order valence-electron chi connectivity index (χ0n) is 12.7. The van der Waals surface area contributed by atoms with Crippen LogP contribution in [0.1, 0.15) is 36.6 Å². The Labute approximate surface area is 130 Å². The summed E-state index contributed by atoms with van der Waals surface area (Å²) in [5, 5.41) is 1.79. The molecular formula is C18H19NO3. The van der Waals surface area contributed by atoms with Gasteiger partial charge < -0.3 is 9.57 Å². The van der Waals surface area contributed by atoms with E-state index in [0.717, 1.165) is 16.9 Å². The van der Waals surface area contributed by atoms with Gasteiger partial charge in [0.1, 0.15) is 5.75 Å². The summed E-state index contributed by atoms with van der Waals surface area (Å²) in [4.78, 5) is 17.3. The zero-order valence-corrected chi connectivity index (χ0v) is 12.7. The van der Waals surface area contributed by atoms with E-state index in [1.807, 2.05) is 61.5 Å². The largest absolute Gasteiger partial charge is 0.497 e. The Bertz CT molecular complexity index is 639. The molecule has 2 aromatic rings. The molecule has 1 aliphatic rings. The molecule has 0 aliphatic carbocycles. The van der Waals surface area contributed by atoms with E-state index in [1.54, 1.807) is 12.2 Å². The van der Waals surface area contributed by atoms with E-state index in [9.17, 15) is 4.79 Å². The lowest BCUT2D eigenvalue weighted by molar-refractivity contribution is -0.186. The Morgan fingerprint density at radius 1 is 1.14 bits per heavy atom. The molecule has 0 N–H and O–H groups in total. The van der Waals surface area contributed by atoms with Gasteiger partial charge in [-0.1, -0.05) is 42.5 Å². The molecule has 2 aromatic carbocycles. The standard InChI is InChI=1S/C18H19NO3/c1-13(14-6-4-3-5-7-14)19-17(12-18(20)22-19)15-8-10-16(21-2)11-9-15/h3-11,13,17H,12H2,1-2H3/t13-,17?/m1/s1. The van der Waals surface area contributed by atoms with Crippen molar-refractivity contribution in [3.05, 3.63) is 65.7 Å². The molecule has 22 heavy (non-hydrogen) atoms. The molecule has 0 spiro atoms. The number of ether oxygens (including phenoxy) is 1. The van der Waals surface area contributed by atoms with Crippen LogP contribution in [0.15, 0.2) is 54.6 Å². The zero-order chi connectivity index (χ0) is 15.5. The second kappa shape index (κ2) is 6.20. The first kappa shape index (κ1) is 14.6. The number of carbonyl (C=O) groups excluding carboxylic acids is 1. The summed E-state index contributed by atoms with van der Waals surface area (Å²) in [6.45, 7) is 2.05. The van der Waals surface area contributed by atoms with Gasteiger partial charge >= 0.3 is 5.97 Å². The fourth-order valence-electron chi connectivity index (χ4n) is 2.78. The maximum absolute atomic E-state index is 11.8. The van der Waals surface area contributed by atoms with E-state index in [1.165, 1.54) is 0 Å². The minimum atomic E-state index is -0.191. The number of benzene rings is 2. The highest BCUT2D eigenvalue weighted by atomic mass is 16.7. The number of methoxy groups -OCH3 is 1. The van der Waals surface area contributed by atoms with E-state index in [4.69, 9.17) is 9.57 Å². The first-order valence-corrected chi connectivity index (χ1v) is 7.37. The molecule has 1 aliphatic heterocycles. The number of rotatable bonds is 4. The van der Waals surface area contributed by atoms with Gasteiger partial charge in [-0.2, -0.15) is 0 Å². The Balaban J connectivity index is 1.87. The van der Waals surface area contributed by atoms with Crippen molar-refractivity contribution in [3.8, 4) is 5.75 Å². The molecule has 0 saturated carbocycles. The molecule has 1 unspecified atom stereocenters. The highest BCUT2D eigenvalue weighted by molar-refractivity contribution is 5.72. The van der Waals surface area contributed by atoms with Gasteiger partial charge in [-0.15, -0.1) is 5.06 Å². The van der Waals surface area contributed by atoms with Crippen LogP contribution >= 0.6 is 0 Å². The van der Waals surface area contributed by atoms with Gasteiger partial charge in [-0.05, 0) is 30.2 Å². The van der Waals surface area contributed by atoms with E-state index in [0.29, 0.717) is 6.42 Å². The Kier molecular flexibility index (Phi) is 4.11. The van der Waals surface area contributed by atoms with Gasteiger partial charge in [-0.3, -0.25) is 4.79 Å². The first-order valence-electron chi connectivity index (χ1n) is 7.37. The lowest BCUT2D eigenvalue weighted by Crippen LogP contribution is -2.25. The summed E-state index contributed by atoms with van der Waals surface area (Å²) in [6, 6.07) is 17.8. The molecule has 4 nitrogen and oxygen atoms in total. The fraction of sp³-hybridized carbons (Fsp3) is 0.278. The topological polar surface area (TPSA) is 38.8 Å². The molecule has 1 heterocycles. The third-order valence-electron chi connectivity index (χ3n) is 4.04. The van der Waals surface area contributed by atoms with Crippen molar-refractivity contribution in [1.82, 2.24) is 5.06 Å². The summed E-state index contributed by atoms with van der Waals surface area (Å²) in [5.41, 5.74) is 2.17. The molecule has 0 radical (unpaired) electrons. The van der Waals surface area contributed by atoms with Crippen LogP contribution in [0.3, 0.4) is 0 Å². The van der Waals surface area contributed by atoms with Crippen LogP contribution in [0.25, 0.3) is 0 Å². The smallest absolute Gasteiger partial charge is 0.327 e. The van der Waals surface area contributed by atoms with Gasteiger partial charge in [0.2, 0.25) is 0 Å². The van der Waals surface area contributed by atoms with Crippen LogP contribution in [0.5, 0.6) is 5.75 Å². The summed E-state index contributed by atoms with van der Waals surface area (Å²) >= 11 is 0. The number of hydrogen-bond acceptors (Lipinski definition) is 4. The summed E-state index contributed by atoms with van der Waals surface area (Å²) in [7, 11) is 1.64. The van der Waals surface area contributed by atoms with Gasteiger partial charge in [-0.25, -0.2) is 0 Å². The number of nitrogens with zero attached hydrogens (tertiary/aromatic N) is 1. The van der Waals surface area contributed by atoms with Crippen LogP contribution in [-0.4, -0.2) is 18.1 Å². The quantitative estimate of drug-likeness (QED) is 0.863. The molecule has 1 fully saturated rings. The fourth-order valence-corrected chi connectivity index (χ4v) is 2.78. The Morgan fingerprint density at radius 3 is 2.45 bits per heavy atom. The SMILES string of the molecule is COc1ccc(C2CC(=O)ON2[C@H](C)c2ccccc2)cc1. The van der Waals surface area contributed by atoms with Gasteiger partial charge in [0, 0.05) is 0 Å². The normalized spacial score (nSPS) is 19.7. The van der Waals surface area contributed by atoms with Gasteiger partial charge in [0.25, 0.3) is 0 Å². The highest BCUT2D eigenvalue weighted by Crippen LogP contribution is 2.38. The number of hydroxylamine groups is 2. The molecule has 1 saturated heterocycles. The Hall–Kier alpha value is -2.33. The second-order valence-corrected chi connectivity index (χ2v) is 5.40. The van der Waals surface area contributed by atoms with Crippen molar-refractivity contribution in [2.24, 2.45) is 0 Å². The van der Waals surface area contributed by atoms with Crippen LogP contribution in [-0.2, 0) is 9.63 Å². The summed E-state index contributed by atoms with van der Waals surface area (Å²) in [5.74, 6) is 0.611. The van der Waals surface area contributed by atoms with Crippen molar-refractivity contribution < 1.29 is 14.4 Å². The molecular weight excluding hydrogens is 278 g/mol. The summed E-state index contributed by atoms with van der Waals surface area (Å²) in [6.07, 6.45) is 0.365. The maximum atomic E-state index is 11.8. The molecule has 0 amide bonds. The van der Waals surface area contributed by atoms with Gasteiger partial charge in [0.15, 0.2) is 0 Å². The van der Waals surface area contributed by atoms with Crippen LogP contribution in [0, 0.1) is 0 Å². The third kappa shape index (κ3) is 2.83. The van der Waals surface area contributed by atoms with Gasteiger partial charge in [0.05, 0.1) is 25.6 Å². The van der Waals surface area contributed by atoms with Crippen molar-refractivity contribution >= 4 is 5.97 Å².